The van der Waals surface area contributed by atoms with Gasteiger partial charge < -0.3 is 15.8 Å². The number of anilines is 1. The van der Waals surface area contributed by atoms with Crippen molar-refractivity contribution in [3.8, 4) is 0 Å². The molecule has 0 aliphatic carbocycles. The third-order valence-corrected chi connectivity index (χ3v) is 2.82. The molecule has 3 N–H and O–H groups in total. The number of nitrogens with two attached hydrogens (primary N) is 1. The number of hydrogen-bond acceptors (Lipinski definition) is 4. The first-order chi connectivity index (χ1) is 8.19. The summed E-state index contributed by atoms with van der Waals surface area (Å²) in [4.78, 5) is 11.8. The van der Waals surface area contributed by atoms with E-state index in [0.717, 1.165) is 25.0 Å². The van der Waals surface area contributed by atoms with Crippen LogP contribution in [0.5, 0.6) is 0 Å². The van der Waals surface area contributed by atoms with E-state index in [1.807, 2.05) is 6.20 Å². The van der Waals surface area contributed by atoms with Gasteiger partial charge in [-0.25, -0.2) is 0 Å². The minimum atomic E-state index is -0.0645. The highest BCUT2D eigenvalue weighted by Crippen LogP contribution is 2.17. The van der Waals surface area contributed by atoms with Gasteiger partial charge in [0.25, 0.3) is 0 Å². The summed E-state index contributed by atoms with van der Waals surface area (Å²) in [5.74, 6) is 0.489. The van der Waals surface area contributed by atoms with Crippen LogP contribution in [0, 0.1) is 0 Å². The number of aromatic nitrogens is 2. The minimum Gasteiger partial charge on any atom is -0.378 e. The second-order valence-electron chi connectivity index (χ2n) is 4.27. The zero-order valence-corrected chi connectivity index (χ0v) is 9.98. The van der Waals surface area contributed by atoms with Crippen molar-refractivity contribution in [1.82, 2.24) is 9.78 Å². The fourth-order valence-corrected chi connectivity index (χ4v) is 1.99. The average molecular weight is 238 g/mol. The van der Waals surface area contributed by atoms with Gasteiger partial charge in [0.05, 0.1) is 12.5 Å². The first-order valence-corrected chi connectivity index (χ1v) is 5.83. The summed E-state index contributed by atoms with van der Waals surface area (Å²) in [6.07, 6.45) is 4.25. The van der Waals surface area contributed by atoms with Gasteiger partial charge in [0.1, 0.15) is 0 Å². The highest BCUT2D eigenvalue weighted by atomic mass is 16.5. The number of carbonyl (C=O) groups excluding carboxylic acids is 1. The number of ether oxygens (including phenoxy) is 1. The van der Waals surface area contributed by atoms with Gasteiger partial charge in [-0.05, 0) is 12.8 Å². The van der Waals surface area contributed by atoms with Crippen molar-refractivity contribution < 1.29 is 9.53 Å². The molecule has 1 aromatic rings. The van der Waals surface area contributed by atoms with E-state index < -0.39 is 0 Å². The van der Waals surface area contributed by atoms with Crippen LogP contribution in [-0.4, -0.2) is 28.4 Å². The summed E-state index contributed by atoms with van der Waals surface area (Å²) < 4.78 is 7.05. The number of hydrogen-bond donors (Lipinski definition) is 2. The third kappa shape index (κ3) is 3.04. The topological polar surface area (TPSA) is 82.2 Å². The van der Waals surface area contributed by atoms with Crippen LogP contribution in [0.1, 0.15) is 24.8 Å². The van der Waals surface area contributed by atoms with E-state index in [-0.39, 0.29) is 12.0 Å². The zero-order valence-electron chi connectivity index (χ0n) is 9.98. The maximum Gasteiger partial charge on any atom is 0.228 e. The van der Waals surface area contributed by atoms with Crippen LogP contribution in [0.15, 0.2) is 6.20 Å². The summed E-state index contributed by atoms with van der Waals surface area (Å²) in [6, 6.07) is 0. The van der Waals surface area contributed by atoms with Crippen molar-refractivity contribution in [1.29, 1.82) is 0 Å². The number of nitrogens with zero attached hydrogens (tertiary/aromatic N) is 2. The molecule has 6 nitrogen and oxygen atoms in total. The Morgan fingerprint density at radius 1 is 1.76 bits per heavy atom. The highest BCUT2D eigenvalue weighted by Gasteiger charge is 2.20. The second-order valence-corrected chi connectivity index (χ2v) is 4.27. The molecule has 1 atom stereocenters. The fourth-order valence-electron chi connectivity index (χ4n) is 1.99. The van der Waals surface area contributed by atoms with Crippen molar-refractivity contribution in [3.05, 3.63) is 11.8 Å². The highest BCUT2D eigenvalue weighted by molar-refractivity contribution is 5.90. The molecule has 1 unspecified atom stereocenters. The molecule has 6 heteroatoms. The number of amides is 1. The molecule has 0 spiro atoms. The Labute approximate surface area is 100 Å². The Morgan fingerprint density at radius 2 is 2.59 bits per heavy atom. The Balaban J connectivity index is 1.92. The van der Waals surface area contributed by atoms with Crippen LogP contribution in [0.4, 0.5) is 5.82 Å². The zero-order chi connectivity index (χ0) is 12.3. The lowest BCUT2D eigenvalue weighted by Crippen LogP contribution is -2.20. The van der Waals surface area contributed by atoms with Gasteiger partial charge in [0.2, 0.25) is 5.91 Å². The summed E-state index contributed by atoms with van der Waals surface area (Å²) in [6.45, 7) is 1.12. The van der Waals surface area contributed by atoms with Crippen molar-refractivity contribution >= 4 is 11.7 Å². The maximum absolute atomic E-state index is 11.8. The van der Waals surface area contributed by atoms with Gasteiger partial charge in [-0.15, -0.1) is 0 Å². The van der Waals surface area contributed by atoms with Gasteiger partial charge in [-0.2, -0.15) is 5.10 Å². The van der Waals surface area contributed by atoms with E-state index in [0.29, 0.717) is 18.8 Å². The molecule has 1 fully saturated rings. The first kappa shape index (κ1) is 12.1. The Kier molecular flexibility index (Phi) is 3.75. The maximum atomic E-state index is 11.8. The molecule has 1 saturated heterocycles. The van der Waals surface area contributed by atoms with Crippen molar-refractivity contribution in [2.75, 3.05) is 11.9 Å². The van der Waals surface area contributed by atoms with E-state index in [2.05, 4.69) is 10.4 Å². The lowest BCUT2D eigenvalue weighted by Gasteiger charge is -2.08. The van der Waals surface area contributed by atoms with Crippen LogP contribution in [0.3, 0.4) is 0 Å². The van der Waals surface area contributed by atoms with Gasteiger partial charge in [0, 0.05) is 32.0 Å². The SMILES string of the molecule is Cn1cc(CN)c(NC(=O)CC2CCCO2)n1. The van der Waals surface area contributed by atoms with Crippen molar-refractivity contribution in [2.24, 2.45) is 12.8 Å². The normalized spacial score (nSPS) is 19.5. The summed E-state index contributed by atoms with van der Waals surface area (Å²) in [7, 11) is 1.80. The minimum absolute atomic E-state index is 0.0556. The predicted octanol–water partition coefficient (Wildman–Crippen LogP) is 0.386. The molecule has 1 aromatic heterocycles. The van der Waals surface area contributed by atoms with Crippen LogP contribution < -0.4 is 11.1 Å². The molecule has 17 heavy (non-hydrogen) atoms. The predicted molar refractivity (Wildman–Crippen MR) is 63.3 cm³/mol. The van der Waals surface area contributed by atoms with E-state index in [4.69, 9.17) is 10.5 Å². The van der Waals surface area contributed by atoms with Gasteiger partial charge in [-0.3, -0.25) is 9.48 Å². The van der Waals surface area contributed by atoms with E-state index >= 15 is 0 Å². The van der Waals surface area contributed by atoms with Crippen LogP contribution >= 0.6 is 0 Å². The molecule has 0 saturated carbocycles. The van der Waals surface area contributed by atoms with Crippen LogP contribution in [-0.2, 0) is 23.1 Å². The molecular formula is C11H18N4O2. The molecular weight excluding hydrogens is 220 g/mol. The van der Waals surface area contributed by atoms with E-state index in [9.17, 15) is 4.79 Å². The molecule has 1 aliphatic heterocycles. The Bertz CT molecular complexity index is 396. The fraction of sp³-hybridized carbons (Fsp3) is 0.636. The molecule has 1 amide bonds. The first-order valence-electron chi connectivity index (χ1n) is 5.83. The number of nitrogens with one attached hydrogen (secondary N) is 1. The summed E-state index contributed by atoms with van der Waals surface area (Å²) in [5, 5.41) is 6.94. The quantitative estimate of drug-likeness (QED) is 0.794. The molecule has 1 aliphatic rings. The summed E-state index contributed by atoms with van der Waals surface area (Å²) >= 11 is 0. The molecule has 94 valence electrons. The van der Waals surface area contributed by atoms with Crippen LogP contribution in [0.25, 0.3) is 0 Å². The molecule has 2 heterocycles. The number of rotatable bonds is 4. The monoisotopic (exact) mass is 238 g/mol. The summed E-state index contributed by atoms with van der Waals surface area (Å²) in [5.41, 5.74) is 6.41. The van der Waals surface area contributed by atoms with E-state index in [1.165, 1.54) is 0 Å². The largest absolute Gasteiger partial charge is 0.378 e. The third-order valence-electron chi connectivity index (χ3n) is 2.82. The van der Waals surface area contributed by atoms with Crippen LogP contribution in [0.2, 0.25) is 0 Å². The second kappa shape index (κ2) is 5.29. The number of carbonyl (C=O) groups is 1. The number of aryl methyl sites for hydroxylation is 1. The Hall–Kier alpha value is -1.40. The molecule has 0 aromatic carbocycles. The van der Waals surface area contributed by atoms with Crippen molar-refractivity contribution in [3.63, 3.8) is 0 Å². The van der Waals surface area contributed by atoms with E-state index in [1.54, 1.807) is 11.7 Å². The van der Waals surface area contributed by atoms with Gasteiger partial charge in [-0.1, -0.05) is 0 Å². The molecule has 0 bridgehead atoms. The smallest absolute Gasteiger partial charge is 0.228 e. The average Bonchev–Trinajstić information content (AvgIpc) is 2.88. The van der Waals surface area contributed by atoms with Gasteiger partial charge in [0.15, 0.2) is 5.82 Å². The van der Waals surface area contributed by atoms with Gasteiger partial charge >= 0.3 is 0 Å². The molecule has 0 radical (unpaired) electrons. The standard InChI is InChI=1S/C11H18N4O2/c1-15-7-8(6-12)11(14-15)13-10(16)5-9-3-2-4-17-9/h7,9H,2-6,12H2,1H3,(H,13,14,16). The lowest BCUT2D eigenvalue weighted by molar-refractivity contribution is -0.118. The van der Waals surface area contributed by atoms with Crippen molar-refractivity contribution in [2.45, 2.75) is 31.9 Å². The Morgan fingerprint density at radius 3 is 3.24 bits per heavy atom. The lowest BCUT2D eigenvalue weighted by atomic mass is 10.2. The molecule has 2 rings (SSSR count).